The number of hydrogen-bond acceptors (Lipinski definition) is 4. The molecule has 2 N–H and O–H groups in total. The van der Waals surface area contributed by atoms with Crippen molar-refractivity contribution >= 4 is 11.9 Å². The van der Waals surface area contributed by atoms with E-state index in [1.807, 2.05) is 0 Å². The Morgan fingerprint density at radius 2 is 2.05 bits per heavy atom. The van der Waals surface area contributed by atoms with Crippen LogP contribution in [0.1, 0.15) is 12.5 Å². The molecule has 0 saturated carbocycles. The number of nitrogens with zero attached hydrogens (tertiary/aromatic N) is 1. The van der Waals surface area contributed by atoms with Crippen molar-refractivity contribution in [1.82, 2.24) is 4.90 Å². The van der Waals surface area contributed by atoms with Crippen LogP contribution in [0.5, 0.6) is 11.5 Å². The van der Waals surface area contributed by atoms with Gasteiger partial charge in [0.15, 0.2) is 6.61 Å². The number of hydrogen-bond donors (Lipinski definition) is 2. The lowest BCUT2D eigenvalue weighted by molar-refractivity contribution is -0.148. The monoisotopic (exact) mass is 267 g/mol. The van der Waals surface area contributed by atoms with Crippen LogP contribution in [0.2, 0.25) is 0 Å². The zero-order valence-corrected chi connectivity index (χ0v) is 11.1. The minimum Gasteiger partial charge on any atom is -0.508 e. The summed E-state index contributed by atoms with van der Waals surface area (Å²) in [4.78, 5) is 23.6. The van der Waals surface area contributed by atoms with Crippen LogP contribution in [0, 0.1) is 6.92 Å². The number of benzene rings is 1. The Kier molecular flexibility index (Phi) is 4.74. The van der Waals surface area contributed by atoms with E-state index in [-0.39, 0.29) is 12.4 Å². The van der Waals surface area contributed by atoms with Crippen LogP contribution in [0.25, 0.3) is 0 Å². The quantitative estimate of drug-likeness (QED) is 0.831. The Morgan fingerprint density at radius 3 is 2.63 bits per heavy atom. The highest BCUT2D eigenvalue weighted by Gasteiger charge is 2.22. The number of carbonyl (C=O) groups excluding carboxylic acids is 1. The Morgan fingerprint density at radius 1 is 1.42 bits per heavy atom. The zero-order chi connectivity index (χ0) is 14.6. The summed E-state index contributed by atoms with van der Waals surface area (Å²) in [6.07, 6.45) is 0. The Bertz CT molecular complexity index is 486. The number of phenols is 1. The highest BCUT2D eigenvalue weighted by molar-refractivity contribution is 5.84. The number of aromatic hydroxyl groups is 1. The first-order valence-electron chi connectivity index (χ1n) is 5.74. The summed E-state index contributed by atoms with van der Waals surface area (Å²) in [6, 6.07) is 3.83. The van der Waals surface area contributed by atoms with E-state index < -0.39 is 17.9 Å². The summed E-state index contributed by atoms with van der Waals surface area (Å²) in [5.74, 6) is -1.05. The molecule has 6 nitrogen and oxygen atoms in total. The maximum atomic E-state index is 11.7. The lowest BCUT2D eigenvalue weighted by Gasteiger charge is -2.21. The van der Waals surface area contributed by atoms with Gasteiger partial charge < -0.3 is 19.8 Å². The molecule has 0 fully saturated rings. The van der Waals surface area contributed by atoms with Crippen molar-refractivity contribution < 1.29 is 24.5 Å². The Labute approximate surface area is 111 Å². The largest absolute Gasteiger partial charge is 0.508 e. The summed E-state index contributed by atoms with van der Waals surface area (Å²) < 4.78 is 5.29. The van der Waals surface area contributed by atoms with Gasteiger partial charge in [-0.1, -0.05) is 6.07 Å². The van der Waals surface area contributed by atoms with Gasteiger partial charge in [0.2, 0.25) is 0 Å². The first-order valence-corrected chi connectivity index (χ1v) is 5.74. The zero-order valence-electron chi connectivity index (χ0n) is 11.1. The molecule has 1 atom stereocenters. The number of ether oxygens (including phenoxy) is 1. The molecule has 0 aliphatic carbocycles. The van der Waals surface area contributed by atoms with Gasteiger partial charge in [0.05, 0.1) is 0 Å². The minimum atomic E-state index is -1.08. The van der Waals surface area contributed by atoms with Crippen LogP contribution in [0.15, 0.2) is 18.2 Å². The third-order valence-electron chi connectivity index (χ3n) is 2.94. The van der Waals surface area contributed by atoms with E-state index in [1.165, 1.54) is 20.0 Å². The molecule has 1 amide bonds. The number of phenolic OH excluding ortho intramolecular Hbond substituents is 1. The Balaban J connectivity index is 2.64. The van der Waals surface area contributed by atoms with Crippen LogP contribution < -0.4 is 4.74 Å². The molecule has 104 valence electrons. The predicted molar refractivity (Wildman–Crippen MR) is 68.2 cm³/mol. The molecule has 1 rings (SSSR count). The Hall–Kier alpha value is -2.24. The van der Waals surface area contributed by atoms with Gasteiger partial charge in [-0.3, -0.25) is 4.79 Å². The van der Waals surface area contributed by atoms with Crippen molar-refractivity contribution in [1.29, 1.82) is 0 Å². The molecule has 0 heterocycles. The van der Waals surface area contributed by atoms with E-state index in [4.69, 9.17) is 9.84 Å². The summed E-state index contributed by atoms with van der Waals surface area (Å²) in [7, 11) is 1.40. The lowest BCUT2D eigenvalue weighted by Crippen LogP contribution is -2.42. The van der Waals surface area contributed by atoms with Gasteiger partial charge in [-0.25, -0.2) is 4.79 Å². The number of likely N-dealkylation sites (N-methyl/N-ethyl adjacent to an activating group) is 1. The first-order chi connectivity index (χ1) is 8.84. The van der Waals surface area contributed by atoms with Crippen LogP contribution in [-0.2, 0) is 9.59 Å². The summed E-state index contributed by atoms with van der Waals surface area (Å²) >= 11 is 0. The van der Waals surface area contributed by atoms with Crippen LogP contribution in [0.4, 0.5) is 0 Å². The standard InChI is InChI=1S/C13H17NO5/c1-8-10(15)5-4-6-11(8)19-7-12(16)14(3)9(2)13(17)18/h4-6,9,15H,7H2,1-3H3,(H,17,18). The van der Waals surface area contributed by atoms with Gasteiger partial charge >= 0.3 is 5.97 Å². The van der Waals surface area contributed by atoms with E-state index in [2.05, 4.69) is 0 Å². The highest BCUT2D eigenvalue weighted by Crippen LogP contribution is 2.25. The third kappa shape index (κ3) is 3.61. The van der Waals surface area contributed by atoms with Crippen LogP contribution in [0.3, 0.4) is 0 Å². The van der Waals surface area contributed by atoms with E-state index >= 15 is 0 Å². The second-order valence-corrected chi connectivity index (χ2v) is 4.21. The molecule has 19 heavy (non-hydrogen) atoms. The van der Waals surface area contributed by atoms with Gasteiger partial charge in [-0.2, -0.15) is 0 Å². The fourth-order valence-corrected chi connectivity index (χ4v) is 1.38. The second kappa shape index (κ2) is 6.08. The molecule has 0 spiro atoms. The number of carboxylic acid groups (broad SMARTS) is 1. The van der Waals surface area contributed by atoms with Crippen molar-refractivity contribution in [3.05, 3.63) is 23.8 Å². The summed E-state index contributed by atoms with van der Waals surface area (Å²) in [6.45, 7) is 2.80. The number of aliphatic carboxylic acids is 1. The number of amides is 1. The van der Waals surface area contributed by atoms with Gasteiger partial charge in [0.1, 0.15) is 17.5 Å². The molecule has 0 bridgehead atoms. The molecule has 0 saturated heterocycles. The lowest BCUT2D eigenvalue weighted by atomic mass is 10.2. The smallest absolute Gasteiger partial charge is 0.326 e. The minimum absolute atomic E-state index is 0.0807. The average Bonchev–Trinajstić information content (AvgIpc) is 2.38. The molecule has 1 aromatic carbocycles. The first kappa shape index (κ1) is 14.8. The number of carbonyl (C=O) groups is 2. The average molecular weight is 267 g/mol. The summed E-state index contributed by atoms with van der Waals surface area (Å²) in [5.41, 5.74) is 0.532. The topological polar surface area (TPSA) is 87.1 Å². The van der Waals surface area contributed by atoms with E-state index in [1.54, 1.807) is 19.1 Å². The molecule has 0 aliphatic rings. The van der Waals surface area contributed by atoms with Crippen molar-refractivity contribution in [2.45, 2.75) is 19.9 Å². The van der Waals surface area contributed by atoms with Gasteiger partial charge in [-0.05, 0) is 26.0 Å². The maximum Gasteiger partial charge on any atom is 0.326 e. The molecule has 6 heteroatoms. The van der Waals surface area contributed by atoms with Crippen molar-refractivity contribution in [2.24, 2.45) is 0 Å². The third-order valence-corrected chi connectivity index (χ3v) is 2.94. The fraction of sp³-hybridized carbons (Fsp3) is 0.385. The predicted octanol–water partition coefficient (Wildman–Crippen LogP) is 1.01. The maximum absolute atomic E-state index is 11.7. The van der Waals surface area contributed by atoms with Gasteiger partial charge in [0.25, 0.3) is 5.91 Å². The second-order valence-electron chi connectivity index (χ2n) is 4.21. The molecular formula is C13H17NO5. The van der Waals surface area contributed by atoms with E-state index in [0.717, 1.165) is 4.90 Å². The molecule has 1 aromatic rings. The van der Waals surface area contributed by atoms with E-state index in [9.17, 15) is 14.7 Å². The van der Waals surface area contributed by atoms with Crippen molar-refractivity contribution in [3.8, 4) is 11.5 Å². The molecule has 0 aliphatic heterocycles. The van der Waals surface area contributed by atoms with Crippen LogP contribution in [-0.4, -0.2) is 46.7 Å². The van der Waals surface area contributed by atoms with Crippen molar-refractivity contribution in [3.63, 3.8) is 0 Å². The number of carboxylic acids is 1. The fourth-order valence-electron chi connectivity index (χ4n) is 1.38. The van der Waals surface area contributed by atoms with Gasteiger partial charge in [0, 0.05) is 12.6 Å². The normalized spacial score (nSPS) is 11.7. The molecule has 0 radical (unpaired) electrons. The van der Waals surface area contributed by atoms with E-state index in [0.29, 0.717) is 11.3 Å². The molecule has 1 unspecified atom stereocenters. The van der Waals surface area contributed by atoms with Crippen molar-refractivity contribution in [2.75, 3.05) is 13.7 Å². The van der Waals surface area contributed by atoms with Crippen LogP contribution >= 0.6 is 0 Å². The summed E-state index contributed by atoms with van der Waals surface area (Å²) in [5, 5.41) is 18.3. The highest BCUT2D eigenvalue weighted by atomic mass is 16.5. The molecule has 0 aromatic heterocycles. The SMILES string of the molecule is Cc1c(O)cccc1OCC(=O)N(C)C(C)C(=O)O. The van der Waals surface area contributed by atoms with Gasteiger partial charge in [-0.15, -0.1) is 0 Å². The molecular weight excluding hydrogens is 250 g/mol. The number of rotatable bonds is 5.